The highest BCUT2D eigenvalue weighted by molar-refractivity contribution is 5.29. The van der Waals surface area contributed by atoms with Gasteiger partial charge in [-0.3, -0.25) is 9.58 Å². The molecule has 1 N–H and O–H groups in total. The van der Waals surface area contributed by atoms with Crippen molar-refractivity contribution in [1.82, 2.24) is 14.7 Å². The van der Waals surface area contributed by atoms with Crippen LogP contribution in [0, 0.1) is 19.7 Å². The van der Waals surface area contributed by atoms with Crippen molar-refractivity contribution in [2.75, 3.05) is 13.1 Å². The van der Waals surface area contributed by atoms with Crippen LogP contribution >= 0.6 is 0 Å². The molecule has 2 atom stereocenters. The number of hydrogen-bond donors (Lipinski definition) is 1. The standard InChI is InChI=1S/C18H24FN3O/c1-12-18(13(2)21(3)20-12)16-5-4-10-22(16)11-17(23)14-6-8-15(19)9-7-14/h6-9,16-17,23H,4-5,10-11H2,1-3H3/t16-,17+/m1/s1. The topological polar surface area (TPSA) is 41.3 Å². The van der Waals surface area contributed by atoms with Gasteiger partial charge in [-0.15, -0.1) is 0 Å². The molecule has 23 heavy (non-hydrogen) atoms. The second kappa shape index (κ2) is 6.42. The van der Waals surface area contributed by atoms with E-state index >= 15 is 0 Å². The van der Waals surface area contributed by atoms with Crippen molar-refractivity contribution in [1.29, 1.82) is 0 Å². The number of nitrogens with zero attached hydrogens (tertiary/aromatic N) is 3. The first-order chi connectivity index (χ1) is 11.0. The summed E-state index contributed by atoms with van der Waals surface area (Å²) < 4.78 is 15.0. The Morgan fingerprint density at radius 3 is 2.61 bits per heavy atom. The highest BCUT2D eigenvalue weighted by Gasteiger charge is 2.31. The molecule has 4 nitrogen and oxygen atoms in total. The first-order valence-electron chi connectivity index (χ1n) is 8.15. The average molecular weight is 317 g/mol. The molecule has 0 spiro atoms. The molecule has 1 aromatic heterocycles. The molecule has 3 rings (SSSR count). The van der Waals surface area contributed by atoms with E-state index in [1.54, 1.807) is 12.1 Å². The van der Waals surface area contributed by atoms with Crippen molar-refractivity contribution in [2.45, 2.75) is 38.8 Å². The summed E-state index contributed by atoms with van der Waals surface area (Å²) in [5.74, 6) is -0.276. The van der Waals surface area contributed by atoms with Crippen LogP contribution in [0.1, 0.15) is 47.5 Å². The van der Waals surface area contributed by atoms with Crippen LogP contribution in [0.5, 0.6) is 0 Å². The normalized spacial score (nSPS) is 20.1. The number of hydrogen-bond acceptors (Lipinski definition) is 3. The van der Waals surface area contributed by atoms with E-state index < -0.39 is 6.10 Å². The number of aromatic nitrogens is 2. The lowest BCUT2D eigenvalue weighted by molar-refractivity contribution is 0.106. The number of benzene rings is 1. The van der Waals surface area contributed by atoms with Crippen molar-refractivity contribution in [3.05, 3.63) is 52.6 Å². The van der Waals surface area contributed by atoms with Crippen LogP contribution in [0.25, 0.3) is 0 Å². The van der Waals surface area contributed by atoms with Crippen LogP contribution < -0.4 is 0 Å². The fraction of sp³-hybridized carbons (Fsp3) is 0.500. The zero-order valence-corrected chi connectivity index (χ0v) is 14.0. The zero-order chi connectivity index (χ0) is 16.6. The molecular formula is C18H24FN3O. The van der Waals surface area contributed by atoms with Crippen LogP contribution in [0.3, 0.4) is 0 Å². The molecule has 0 unspecified atom stereocenters. The Morgan fingerprint density at radius 1 is 1.30 bits per heavy atom. The lowest BCUT2D eigenvalue weighted by atomic mass is 10.0. The molecule has 1 fully saturated rings. The van der Waals surface area contributed by atoms with Gasteiger partial charge in [0.2, 0.25) is 0 Å². The highest BCUT2D eigenvalue weighted by atomic mass is 19.1. The Labute approximate surface area is 136 Å². The van der Waals surface area contributed by atoms with E-state index in [9.17, 15) is 9.50 Å². The molecule has 124 valence electrons. The fourth-order valence-corrected chi connectivity index (χ4v) is 3.66. The quantitative estimate of drug-likeness (QED) is 0.942. The van der Waals surface area contributed by atoms with E-state index in [4.69, 9.17) is 0 Å². The molecular weight excluding hydrogens is 293 g/mol. The predicted molar refractivity (Wildman–Crippen MR) is 87.6 cm³/mol. The number of β-amino-alcohol motifs (C(OH)–C–C–N with tert-alkyl or cyclic N) is 1. The van der Waals surface area contributed by atoms with Crippen LogP contribution in [0.15, 0.2) is 24.3 Å². The number of aliphatic hydroxyl groups excluding tert-OH is 1. The molecule has 0 bridgehead atoms. The Morgan fingerprint density at radius 2 is 2.00 bits per heavy atom. The molecule has 1 aliphatic rings. The maximum atomic E-state index is 13.0. The summed E-state index contributed by atoms with van der Waals surface area (Å²) in [6.45, 7) is 5.68. The smallest absolute Gasteiger partial charge is 0.123 e. The fourth-order valence-electron chi connectivity index (χ4n) is 3.66. The summed E-state index contributed by atoms with van der Waals surface area (Å²) in [6.07, 6.45) is 1.60. The minimum Gasteiger partial charge on any atom is -0.387 e. The molecule has 5 heteroatoms. The molecule has 1 saturated heterocycles. The maximum absolute atomic E-state index is 13.0. The summed E-state index contributed by atoms with van der Waals surface area (Å²) in [5, 5.41) is 15.0. The summed E-state index contributed by atoms with van der Waals surface area (Å²) in [5.41, 5.74) is 4.31. The Hall–Kier alpha value is -1.72. The third-order valence-electron chi connectivity index (χ3n) is 4.92. The lowest BCUT2D eigenvalue weighted by Gasteiger charge is -2.27. The van der Waals surface area contributed by atoms with Crippen LogP contribution in [0.4, 0.5) is 4.39 Å². The van der Waals surface area contributed by atoms with Gasteiger partial charge in [0.1, 0.15) is 5.82 Å². The van der Waals surface area contributed by atoms with Gasteiger partial charge in [0.15, 0.2) is 0 Å². The first kappa shape index (κ1) is 16.1. The van der Waals surface area contributed by atoms with Gasteiger partial charge in [0.25, 0.3) is 0 Å². The van der Waals surface area contributed by atoms with Crippen LogP contribution in [-0.4, -0.2) is 32.9 Å². The first-order valence-corrected chi connectivity index (χ1v) is 8.15. The summed E-state index contributed by atoms with van der Waals surface area (Å²) in [6, 6.07) is 6.42. The van der Waals surface area contributed by atoms with Crippen molar-refractivity contribution in [3.63, 3.8) is 0 Å². The van der Waals surface area contributed by atoms with Crippen LogP contribution in [0.2, 0.25) is 0 Å². The Bertz CT molecular complexity index is 680. The SMILES string of the molecule is Cc1nn(C)c(C)c1[C@H]1CCCN1C[C@H](O)c1ccc(F)cc1. The van der Waals surface area contributed by atoms with Crippen molar-refractivity contribution in [2.24, 2.45) is 7.05 Å². The van der Waals surface area contributed by atoms with E-state index in [0.717, 1.165) is 30.6 Å². The van der Waals surface area contributed by atoms with Crippen molar-refractivity contribution < 1.29 is 9.50 Å². The molecule has 0 amide bonds. The second-order valence-electron chi connectivity index (χ2n) is 6.43. The summed E-state index contributed by atoms with van der Waals surface area (Å²) >= 11 is 0. The van der Waals surface area contributed by atoms with Crippen molar-refractivity contribution in [3.8, 4) is 0 Å². The van der Waals surface area contributed by atoms with Gasteiger partial charge >= 0.3 is 0 Å². The number of aliphatic hydroxyl groups is 1. The number of halogens is 1. The van der Waals surface area contributed by atoms with Gasteiger partial charge in [-0.05, 0) is 50.9 Å². The molecule has 2 heterocycles. The summed E-state index contributed by atoms with van der Waals surface area (Å²) in [4.78, 5) is 2.32. The zero-order valence-electron chi connectivity index (χ0n) is 14.0. The highest BCUT2D eigenvalue weighted by Crippen LogP contribution is 2.36. The molecule has 0 aliphatic carbocycles. The minimum atomic E-state index is -0.603. The van der Waals surface area contributed by atoms with Gasteiger partial charge < -0.3 is 5.11 Å². The molecule has 2 aromatic rings. The van der Waals surface area contributed by atoms with E-state index in [1.165, 1.54) is 23.4 Å². The van der Waals surface area contributed by atoms with Gasteiger partial charge in [0, 0.05) is 30.9 Å². The third-order valence-corrected chi connectivity index (χ3v) is 4.92. The molecule has 1 aromatic carbocycles. The molecule has 0 saturated carbocycles. The van der Waals surface area contributed by atoms with Gasteiger partial charge in [-0.1, -0.05) is 12.1 Å². The third kappa shape index (κ3) is 3.16. The average Bonchev–Trinajstić information content (AvgIpc) is 3.04. The van der Waals surface area contributed by atoms with E-state index in [2.05, 4.69) is 23.8 Å². The van der Waals surface area contributed by atoms with Gasteiger partial charge in [0.05, 0.1) is 11.8 Å². The Kier molecular flexibility index (Phi) is 4.50. The molecule has 1 aliphatic heterocycles. The minimum absolute atomic E-state index is 0.276. The lowest BCUT2D eigenvalue weighted by Crippen LogP contribution is -2.29. The van der Waals surface area contributed by atoms with Crippen molar-refractivity contribution >= 4 is 0 Å². The molecule has 0 radical (unpaired) electrons. The largest absolute Gasteiger partial charge is 0.387 e. The monoisotopic (exact) mass is 317 g/mol. The number of aryl methyl sites for hydroxylation is 2. The Balaban J connectivity index is 1.78. The van der Waals surface area contributed by atoms with E-state index in [1.807, 2.05) is 11.7 Å². The number of rotatable bonds is 4. The van der Waals surface area contributed by atoms with E-state index in [-0.39, 0.29) is 5.82 Å². The van der Waals surface area contributed by atoms with Gasteiger partial charge in [-0.2, -0.15) is 5.10 Å². The number of likely N-dealkylation sites (tertiary alicyclic amines) is 1. The maximum Gasteiger partial charge on any atom is 0.123 e. The predicted octanol–water partition coefficient (Wildman–Crippen LogP) is 3.05. The summed E-state index contributed by atoms with van der Waals surface area (Å²) in [7, 11) is 1.97. The van der Waals surface area contributed by atoms with Crippen LogP contribution in [-0.2, 0) is 7.05 Å². The van der Waals surface area contributed by atoms with E-state index in [0.29, 0.717) is 12.6 Å². The second-order valence-corrected chi connectivity index (χ2v) is 6.43. The van der Waals surface area contributed by atoms with Gasteiger partial charge in [-0.25, -0.2) is 4.39 Å².